The quantitative estimate of drug-likeness (QED) is 0.124. The highest BCUT2D eigenvalue weighted by Gasteiger charge is 2.29. The topological polar surface area (TPSA) is 171 Å². The number of anilines is 1. The molecule has 1 aliphatic carbocycles. The van der Waals surface area contributed by atoms with Gasteiger partial charge in [-0.05, 0) is 122 Å². The molecule has 1 aromatic heterocycles. The maximum Gasteiger partial charge on any atom is 0.251 e. The molecule has 12 nitrogen and oxygen atoms in total. The molecule has 1 heterocycles. The summed E-state index contributed by atoms with van der Waals surface area (Å²) in [6.45, 7) is 10.2. The Labute approximate surface area is 294 Å². The average molecular weight is 680 g/mol. The van der Waals surface area contributed by atoms with Crippen LogP contribution in [0.5, 0.6) is 0 Å². The van der Waals surface area contributed by atoms with Gasteiger partial charge in [-0.3, -0.25) is 14.4 Å². The molecule has 5 rings (SSSR count). The van der Waals surface area contributed by atoms with E-state index in [4.69, 9.17) is 5.73 Å². The SMILES string of the molecule is CCN(CC)CCNC(=O)c1ccc(-c2ccc(C[C@H](NC(=O)C3CCC(CN)CC3)C(=O)Nc3ccc(-c4nn[nH]n4)cc3)cc2)c(C)c1. The van der Waals surface area contributed by atoms with E-state index in [1.165, 1.54) is 0 Å². The normalized spacial score (nSPS) is 16.5. The molecule has 4 aromatic rings. The number of likely N-dealkylation sites (N-methyl/N-ethyl adjacent to an activating group) is 1. The lowest BCUT2D eigenvalue weighted by Gasteiger charge is -2.28. The second-order valence-electron chi connectivity index (χ2n) is 13.0. The molecule has 1 atom stereocenters. The van der Waals surface area contributed by atoms with Crippen LogP contribution in [0.25, 0.3) is 22.5 Å². The number of aryl methyl sites for hydroxylation is 1. The van der Waals surface area contributed by atoms with Crippen molar-refractivity contribution in [2.45, 2.75) is 58.9 Å². The third-order valence-corrected chi connectivity index (χ3v) is 9.74. The number of nitrogens with zero attached hydrogens (tertiary/aromatic N) is 4. The van der Waals surface area contributed by atoms with E-state index in [0.29, 0.717) is 42.5 Å². The summed E-state index contributed by atoms with van der Waals surface area (Å²) in [5.41, 5.74) is 11.8. The Morgan fingerprint density at radius 3 is 2.26 bits per heavy atom. The predicted molar refractivity (Wildman–Crippen MR) is 195 cm³/mol. The van der Waals surface area contributed by atoms with Gasteiger partial charge in [0.05, 0.1) is 0 Å². The summed E-state index contributed by atoms with van der Waals surface area (Å²) in [5, 5.41) is 23.1. The Morgan fingerprint density at radius 1 is 0.940 bits per heavy atom. The van der Waals surface area contributed by atoms with Crippen molar-refractivity contribution in [3.63, 3.8) is 0 Å². The first-order valence-electron chi connectivity index (χ1n) is 17.6. The molecule has 6 N–H and O–H groups in total. The van der Waals surface area contributed by atoms with Crippen molar-refractivity contribution in [1.29, 1.82) is 0 Å². The summed E-state index contributed by atoms with van der Waals surface area (Å²) in [6.07, 6.45) is 3.69. The monoisotopic (exact) mass is 679 g/mol. The molecule has 0 bridgehead atoms. The first-order valence-corrected chi connectivity index (χ1v) is 17.6. The van der Waals surface area contributed by atoms with Crippen LogP contribution in [-0.4, -0.2) is 82.0 Å². The Bertz CT molecular complexity index is 1700. The number of amides is 3. The lowest BCUT2D eigenvalue weighted by Crippen LogP contribution is -2.48. The number of aromatic amines is 1. The maximum atomic E-state index is 13.7. The van der Waals surface area contributed by atoms with Crippen molar-refractivity contribution in [2.75, 3.05) is 38.0 Å². The first-order chi connectivity index (χ1) is 24.3. The van der Waals surface area contributed by atoms with Crippen LogP contribution in [-0.2, 0) is 16.0 Å². The van der Waals surface area contributed by atoms with Crippen molar-refractivity contribution in [1.82, 2.24) is 36.2 Å². The maximum absolute atomic E-state index is 13.7. The van der Waals surface area contributed by atoms with Gasteiger partial charge in [0.2, 0.25) is 17.6 Å². The number of nitrogens with two attached hydrogens (primary N) is 1. The molecule has 0 saturated heterocycles. The largest absolute Gasteiger partial charge is 0.351 e. The van der Waals surface area contributed by atoms with E-state index in [1.807, 2.05) is 49.4 Å². The summed E-state index contributed by atoms with van der Waals surface area (Å²) >= 11 is 0. The molecule has 0 spiro atoms. The van der Waals surface area contributed by atoms with Gasteiger partial charge in [-0.1, -0.05) is 44.2 Å². The molecular weight excluding hydrogens is 630 g/mol. The molecule has 1 fully saturated rings. The summed E-state index contributed by atoms with van der Waals surface area (Å²) in [6, 6.07) is 20.1. The minimum atomic E-state index is -0.779. The average Bonchev–Trinajstić information content (AvgIpc) is 3.69. The van der Waals surface area contributed by atoms with Crippen molar-refractivity contribution in [3.05, 3.63) is 83.4 Å². The van der Waals surface area contributed by atoms with E-state index >= 15 is 0 Å². The minimum absolute atomic E-state index is 0.0798. The zero-order valence-electron chi connectivity index (χ0n) is 29.2. The van der Waals surface area contributed by atoms with Crippen LogP contribution in [0.2, 0.25) is 0 Å². The van der Waals surface area contributed by atoms with Gasteiger partial charge in [0.25, 0.3) is 5.91 Å². The van der Waals surface area contributed by atoms with Crippen LogP contribution >= 0.6 is 0 Å². The molecule has 12 heteroatoms. The molecule has 3 aromatic carbocycles. The number of hydrogen-bond acceptors (Lipinski definition) is 8. The van der Waals surface area contributed by atoms with Gasteiger partial charge in [-0.15, -0.1) is 10.2 Å². The van der Waals surface area contributed by atoms with Gasteiger partial charge >= 0.3 is 0 Å². The number of benzene rings is 3. The summed E-state index contributed by atoms with van der Waals surface area (Å²) in [7, 11) is 0. The van der Waals surface area contributed by atoms with E-state index < -0.39 is 6.04 Å². The zero-order valence-corrected chi connectivity index (χ0v) is 29.2. The van der Waals surface area contributed by atoms with Crippen molar-refractivity contribution < 1.29 is 14.4 Å². The third kappa shape index (κ3) is 9.60. The summed E-state index contributed by atoms with van der Waals surface area (Å²) in [4.78, 5) is 42.2. The third-order valence-electron chi connectivity index (χ3n) is 9.74. The molecule has 3 amide bonds. The number of tetrazole rings is 1. The highest BCUT2D eigenvalue weighted by molar-refractivity contribution is 5.98. The Morgan fingerprint density at radius 2 is 1.64 bits per heavy atom. The second-order valence-corrected chi connectivity index (χ2v) is 13.0. The standard InChI is InChI=1S/C38H49N9O3/c1-4-47(5-2)21-20-40-36(48)31-16-19-33(25(3)22-31)28-10-6-26(7-11-28)23-34(42-37(49)30-12-8-27(24-39)9-13-30)38(50)41-32-17-14-29(15-18-32)35-43-45-46-44-35/h6-7,10-11,14-19,22,27,30,34H,4-5,8-9,12-13,20-21,23-24,39H2,1-3H3,(H,40,48)(H,41,50)(H,42,49)(H,43,44,45,46)/t27?,30?,34-/m0/s1. The first kappa shape index (κ1) is 36.3. The van der Waals surface area contributed by atoms with E-state index in [9.17, 15) is 14.4 Å². The molecule has 1 saturated carbocycles. The Hall–Kier alpha value is -4.94. The molecule has 264 valence electrons. The van der Waals surface area contributed by atoms with Crippen molar-refractivity contribution in [2.24, 2.45) is 17.6 Å². The molecule has 0 aliphatic heterocycles. The summed E-state index contributed by atoms with van der Waals surface area (Å²) in [5.74, 6) is 0.291. The fourth-order valence-corrected chi connectivity index (χ4v) is 6.53. The van der Waals surface area contributed by atoms with Crippen molar-refractivity contribution in [3.8, 4) is 22.5 Å². The minimum Gasteiger partial charge on any atom is -0.351 e. The molecular formula is C38H49N9O3. The molecule has 0 radical (unpaired) electrons. The number of aromatic nitrogens is 4. The number of carbonyl (C=O) groups is 3. The van der Waals surface area contributed by atoms with Gasteiger partial charge < -0.3 is 26.6 Å². The van der Waals surface area contributed by atoms with Gasteiger partial charge in [0.15, 0.2) is 0 Å². The van der Waals surface area contributed by atoms with Crippen LogP contribution in [0.4, 0.5) is 5.69 Å². The fourth-order valence-electron chi connectivity index (χ4n) is 6.53. The van der Waals surface area contributed by atoms with Gasteiger partial charge in [-0.2, -0.15) is 5.21 Å². The fraction of sp³-hybridized carbons (Fsp3) is 0.421. The van der Waals surface area contributed by atoms with Crippen LogP contribution in [0.1, 0.15) is 61.0 Å². The lowest BCUT2D eigenvalue weighted by molar-refractivity contribution is -0.130. The van der Waals surface area contributed by atoms with Crippen LogP contribution in [0, 0.1) is 18.8 Å². The smallest absolute Gasteiger partial charge is 0.251 e. The van der Waals surface area contributed by atoms with Gasteiger partial charge in [0.1, 0.15) is 6.04 Å². The molecule has 0 unspecified atom stereocenters. The number of nitrogens with one attached hydrogen (secondary N) is 4. The number of H-pyrrole nitrogens is 1. The highest BCUT2D eigenvalue weighted by atomic mass is 16.2. The summed E-state index contributed by atoms with van der Waals surface area (Å²) < 4.78 is 0. The van der Waals surface area contributed by atoms with E-state index in [1.54, 1.807) is 24.3 Å². The lowest BCUT2D eigenvalue weighted by atomic mass is 9.81. The number of rotatable bonds is 15. The van der Waals surface area contributed by atoms with Crippen LogP contribution in [0.15, 0.2) is 66.7 Å². The van der Waals surface area contributed by atoms with Crippen LogP contribution < -0.4 is 21.7 Å². The van der Waals surface area contributed by atoms with Gasteiger partial charge in [-0.25, -0.2) is 0 Å². The number of hydrogen-bond donors (Lipinski definition) is 5. The van der Waals surface area contributed by atoms with Gasteiger partial charge in [0, 0.05) is 42.2 Å². The number of carbonyl (C=O) groups excluding carboxylic acids is 3. The zero-order chi connectivity index (χ0) is 35.5. The second kappa shape index (κ2) is 17.6. The van der Waals surface area contributed by atoms with E-state index in [0.717, 1.165) is 73.1 Å². The highest BCUT2D eigenvalue weighted by Crippen LogP contribution is 2.29. The van der Waals surface area contributed by atoms with Crippen molar-refractivity contribution >= 4 is 23.4 Å². The Kier molecular flexibility index (Phi) is 12.8. The molecule has 1 aliphatic rings. The van der Waals surface area contributed by atoms with Crippen LogP contribution in [0.3, 0.4) is 0 Å². The predicted octanol–water partition coefficient (Wildman–Crippen LogP) is 4.34. The Balaban J connectivity index is 1.26. The van der Waals surface area contributed by atoms with E-state index in [-0.39, 0.29) is 23.6 Å². The van der Waals surface area contributed by atoms with E-state index in [2.05, 4.69) is 55.3 Å². The molecule has 50 heavy (non-hydrogen) atoms.